The maximum atomic E-state index is 12.1. The van der Waals surface area contributed by atoms with E-state index >= 15 is 0 Å². The van der Waals surface area contributed by atoms with Crippen LogP contribution in [0.1, 0.15) is 41.6 Å². The molecule has 0 unspecified atom stereocenters. The Morgan fingerprint density at radius 1 is 1.08 bits per heavy atom. The summed E-state index contributed by atoms with van der Waals surface area (Å²) in [6.45, 7) is 4.59. The van der Waals surface area contributed by atoms with Gasteiger partial charge in [-0.15, -0.1) is 10.2 Å². The van der Waals surface area contributed by atoms with Crippen molar-refractivity contribution >= 4 is 17.4 Å². The van der Waals surface area contributed by atoms with Crippen LogP contribution in [0.15, 0.2) is 59.2 Å². The fraction of sp³-hybridized carbons (Fsp3) is 0.211. The molecule has 2 aromatic heterocycles. The molecule has 0 saturated heterocycles. The number of carbonyl (C=O) groups excluding carboxylic acids is 1. The van der Waals surface area contributed by atoms with E-state index < -0.39 is 0 Å². The van der Waals surface area contributed by atoms with Crippen LogP contribution in [0.4, 0.5) is 11.5 Å². The van der Waals surface area contributed by atoms with Gasteiger partial charge in [0.05, 0.1) is 12.8 Å². The first-order valence-electron chi connectivity index (χ1n) is 8.14. The number of furan rings is 1. The largest absolute Gasteiger partial charge is 0.467 e. The van der Waals surface area contributed by atoms with Crippen LogP contribution in [-0.4, -0.2) is 16.1 Å². The zero-order chi connectivity index (χ0) is 17.6. The van der Waals surface area contributed by atoms with Crippen molar-refractivity contribution in [2.24, 2.45) is 0 Å². The van der Waals surface area contributed by atoms with Gasteiger partial charge >= 0.3 is 0 Å². The average molecular weight is 336 g/mol. The Morgan fingerprint density at radius 3 is 2.60 bits per heavy atom. The van der Waals surface area contributed by atoms with Gasteiger partial charge in [-0.1, -0.05) is 32.0 Å². The summed E-state index contributed by atoms with van der Waals surface area (Å²) in [7, 11) is 0. The van der Waals surface area contributed by atoms with Gasteiger partial charge in [-0.2, -0.15) is 0 Å². The Kier molecular flexibility index (Phi) is 5.09. The second-order valence-corrected chi connectivity index (χ2v) is 5.93. The van der Waals surface area contributed by atoms with Crippen LogP contribution in [0.25, 0.3) is 0 Å². The fourth-order valence-electron chi connectivity index (χ4n) is 2.44. The summed E-state index contributed by atoms with van der Waals surface area (Å²) in [4.78, 5) is 12.1. The molecule has 1 aromatic carbocycles. The third-order valence-corrected chi connectivity index (χ3v) is 3.75. The van der Waals surface area contributed by atoms with E-state index in [-0.39, 0.29) is 11.6 Å². The predicted octanol–water partition coefficient (Wildman–Crippen LogP) is 3.87. The molecule has 1 amide bonds. The first-order chi connectivity index (χ1) is 12.1. The number of anilines is 2. The highest BCUT2D eigenvalue weighted by atomic mass is 16.3. The molecule has 0 spiro atoms. The maximum absolute atomic E-state index is 12.1. The van der Waals surface area contributed by atoms with Crippen molar-refractivity contribution in [2.45, 2.75) is 26.3 Å². The van der Waals surface area contributed by atoms with Gasteiger partial charge in [0.1, 0.15) is 5.76 Å². The first kappa shape index (κ1) is 16.7. The van der Waals surface area contributed by atoms with E-state index in [2.05, 4.69) is 40.7 Å². The average Bonchev–Trinajstić information content (AvgIpc) is 3.14. The van der Waals surface area contributed by atoms with Crippen molar-refractivity contribution in [3.8, 4) is 0 Å². The van der Waals surface area contributed by atoms with E-state index in [4.69, 9.17) is 4.42 Å². The molecule has 6 heteroatoms. The number of benzene rings is 1. The van der Waals surface area contributed by atoms with Crippen molar-refractivity contribution in [3.05, 3.63) is 71.8 Å². The van der Waals surface area contributed by atoms with Crippen LogP contribution in [0.2, 0.25) is 0 Å². The van der Waals surface area contributed by atoms with E-state index in [1.54, 1.807) is 30.5 Å². The van der Waals surface area contributed by atoms with Gasteiger partial charge in [0, 0.05) is 5.69 Å². The van der Waals surface area contributed by atoms with Gasteiger partial charge in [-0.3, -0.25) is 4.79 Å². The van der Waals surface area contributed by atoms with Gasteiger partial charge in [-0.25, -0.2) is 0 Å². The number of hydrogen-bond donors (Lipinski definition) is 2. The topological polar surface area (TPSA) is 80.0 Å². The molecule has 2 heterocycles. The van der Waals surface area contributed by atoms with Crippen molar-refractivity contribution in [3.63, 3.8) is 0 Å². The Bertz CT molecular complexity index is 827. The molecule has 0 fully saturated rings. The highest BCUT2D eigenvalue weighted by Crippen LogP contribution is 2.25. The molecule has 6 nitrogen and oxygen atoms in total. The minimum atomic E-state index is -0.293. The minimum Gasteiger partial charge on any atom is -0.467 e. The summed E-state index contributed by atoms with van der Waals surface area (Å²) >= 11 is 0. The lowest BCUT2D eigenvalue weighted by atomic mass is 10.0. The number of rotatable bonds is 6. The van der Waals surface area contributed by atoms with Gasteiger partial charge in [0.25, 0.3) is 5.91 Å². The highest BCUT2D eigenvalue weighted by molar-refractivity contribution is 5.92. The third kappa shape index (κ3) is 4.23. The molecule has 25 heavy (non-hydrogen) atoms. The molecule has 2 N–H and O–H groups in total. The minimum absolute atomic E-state index is 0.259. The number of hydrogen-bond acceptors (Lipinski definition) is 5. The van der Waals surface area contributed by atoms with Crippen LogP contribution < -0.4 is 10.6 Å². The molecule has 0 radical (unpaired) electrons. The van der Waals surface area contributed by atoms with Crippen LogP contribution in [0.5, 0.6) is 0 Å². The SMILES string of the molecule is CC(C)c1ccccc1Nc1ccc(C(=O)NCc2ccco2)nn1. The van der Waals surface area contributed by atoms with Gasteiger partial charge in [0.15, 0.2) is 11.5 Å². The summed E-state index contributed by atoms with van der Waals surface area (Å²) in [6, 6.07) is 15.0. The predicted molar refractivity (Wildman–Crippen MR) is 95.7 cm³/mol. The van der Waals surface area contributed by atoms with E-state index in [1.807, 2.05) is 18.2 Å². The normalized spacial score (nSPS) is 10.7. The third-order valence-electron chi connectivity index (χ3n) is 3.75. The quantitative estimate of drug-likeness (QED) is 0.714. The van der Waals surface area contributed by atoms with Gasteiger partial charge in [-0.05, 0) is 41.8 Å². The van der Waals surface area contributed by atoms with Crippen molar-refractivity contribution in [1.82, 2.24) is 15.5 Å². The smallest absolute Gasteiger partial charge is 0.272 e. The van der Waals surface area contributed by atoms with Crippen molar-refractivity contribution < 1.29 is 9.21 Å². The fourth-order valence-corrected chi connectivity index (χ4v) is 2.44. The monoisotopic (exact) mass is 336 g/mol. The summed E-state index contributed by atoms with van der Waals surface area (Å²) in [5.41, 5.74) is 2.45. The molecule has 0 aliphatic rings. The molecular formula is C19H20N4O2. The van der Waals surface area contributed by atoms with E-state index in [9.17, 15) is 4.79 Å². The lowest BCUT2D eigenvalue weighted by molar-refractivity contribution is 0.0942. The molecule has 0 atom stereocenters. The molecular weight excluding hydrogens is 316 g/mol. The second kappa shape index (κ2) is 7.61. The summed E-state index contributed by atoms with van der Waals surface area (Å²) in [5.74, 6) is 1.38. The first-order valence-corrected chi connectivity index (χ1v) is 8.14. The van der Waals surface area contributed by atoms with E-state index in [0.717, 1.165) is 5.69 Å². The number of aromatic nitrogens is 2. The lowest BCUT2D eigenvalue weighted by Gasteiger charge is -2.13. The van der Waals surface area contributed by atoms with Crippen LogP contribution in [0.3, 0.4) is 0 Å². The lowest BCUT2D eigenvalue weighted by Crippen LogP contribution is -2.23. The number of para-hydroxylation sites is 1. The summed E-state index contributed by atoms with van der Waals surface area (Å²) in [6.07, 6.45) is 1.57. The zero-order valence-corrected chi connectivity index (χ0v) is 14.2. The summed E-state index contributed by atoms with van der Waals surface area (Å²) in [5, 5.41) is 14.1. The maximum Gasteiger partial charge on any atom is 0.272 e. The Balaban J connectivity index is 1.65. The number of carbonyl (C=O) groups is 1. The van der Waals surface area contributed by atoms with Crippen LogP contribution >= 0.6 is 0 Å². The number of nitrogens with one attached hydrogen (secondary N) is 2. The zero-order valence-electron chi connectivity index (χ0n) is 14.2. The molecule has 0 bridgehead atoms. The molecule has 3 rings (SSSR count). The van der Waals surface area contributed by atoms with Crippen molar-refractivity contribution in [1.29, 1.82) is 0 Å². The number of amides is 1. The molecule has 128 valence electrons. The highest BCUT2D eigenvalue weighted by Gasteiger charge is 2.10. The van der Waals surface area contributed by atoms with Gasteiger partial charge in [0.2, 0.25) is 0 Å². The molecule has 0 saturated carbocycles. The van der Waals surface area contributed by atoms with Crippen LogP contribution in [-0.2, 0) is 6.54 Å². The molecule has 0 aliphatic carbocycles. The van der Waals surface area contributed by atoms with Crippen molar-refractivity contribution in [2.75, 3.05) is 5.32 Å². The molecule has 3 aromatic rings. The van der Waals surface area contributed by atoms with Gasteiger partial charge < -0.3 is 15.1 Å². The molecule has 0 aliphatic heterocycles. The van der Waals surface area contributed by atoms with Crippen LogP contribution in [0, 0.1) is 0 Å². The standard InChI is InChI=1S/C19H20N4O2/c1-13(2)15-7-3-4-8-16(15)21-18-10-9-17(22-23-18)19(24)20-12-14-6-5-11-25-14/h3-11,13H,12H2,1-2H3,(H,20,24)(H,21,23). The Hall–Kier alpha value is -3.15. The second-order valence-electron chi connectivity index (χ2n) is 5.93. The van der Waals surface area contributed by atoms with E-state index in [1.165, 1.54) is 5.56 Å². The number of nitrogens with zero attached hydrogens (tertiary/aromatic N) is 2. The summed E-state index contributed by atoms with van der Waals surface area (Å²) < 4.78 is 5.17. The Labute approximate surface area is 146 Å². The van der Waals surface area contributed by atoms with E-state index in [0.29, 0.717) is 24.0 Å². The Morgan fingerprint density at radius 2 is 1.92 bits per heavy atom.